The van der Waals surface area contributed by atoms with Crippen molar-refractivity contribution in [3.8, 4) is 0 Å². The highest BCUT2D eigenvalue weighted by Crippen LogP contribution is 2.30. The zero-order chi connectivity index (χ0) is 18.5. The van der Waals surface area contributed by atoms with E-state index < -0.39 is 0 Å². The molecule has 0 spiro atoms. The van der Waals surface area contributed by atoms with Crippen LogP contribution in [0.25, 0.3) is 0 Å². The van der Waals surface area contributed by atoms with Crippen molar-refractivity contribution >= 4 is 17.3 Å². The van der Waals surface area contributed by atoms with Gasteiger partial charge in [0.2, 0.25) is 0 Å². The lowest BCUT2D eigenvalue weighted by Gasteiger charge is -2.36. The molecular formula is C21H27ClN4O. The summed E-state index contributed by atoms with van der Waals surface area (Å²) >= 11 is 6.60. The third kappa shape index (κ3) is 4.79. The zero-order valence-corrected chi connectivity index (χ0v) is 16.4. The molecule has 2 aliphatic rings. The van der Waals surface area contributed by atoms with Crippen molar-refractivity contribution in [2.24, 2.45) is 0 Å². The Morgan fingerprint density at radius 2 is 1.52 bits per heavy atom. The van der Waals surface area contributed by atoms with E-state index >= 15 is 0 Å². The molecule has 1 aromatic carbocycles. The van der Waals surface area contributed by atoms with Gasteiger partial charge in [0.1, 0.15) is 0 Å². The number of hydrogen-bond donors (Lipinski definition) is 0. The van der Waals surface area contributed by atoms with E-state index in [2.05, 4.69) is 43.9 Å². The molecule has 0 atom stereocenters. The SMILES string of the molecule is Clc1cccc(N2CCOCC2)c1CN1CCN(Cc2ccncc2)CC1. The van der Waals surface area contributed by atoms with E-state index in [1.165, 1.54) is 16.8 Å². The third-order valence-electron chi connectivity index (χ3n) is 5.45. The van der Waals surface area contributed by atoms with Crippen LogP contribution in [0.15, 0.2) is 42.7 Å². The molecule has 1 aromatic heterocycles. The van der Waals surface area contributed by atoms with Gasteiger partial charge in [-0.05, 0) is 29.8 Å². The fourth-order valence-electron chi connectivity index (χ4n) is 3.88. The molecule has 0 amide bonds. The molecule has 2 aromatic rings. The first kappa shape index (κ1) is 18.7. The molecule has 0 unspecified atom stereocenters. The monoisotopic (exact) mass is 386 g/mol. The number of anilines is 1. The molecule has 0 aliphatic carbocycles. The fourth-order valence-corrected chi connectivity index (χ4v) is 4.11. The molecule has 4 rings (SSSR count). The molecule has 0 bridgehead atoms. The molecule has 3 heterocycles. The van der Waals surface area contributed by atoms with Gasteiger partial charge in [-0.25, -0.2) is 0 Å². The number of piperazine rings is 1. The standard InChI is InChI=1S/C21H27ClN4O/c22-20-2-1-3-21(26-12-14-27-15-13-26)19(20)17-25-10-8-24(9-11-25)16-18-4-6-23-7-5-18/h1-7H,8-17H2. The number of morpholine rings is 1. The molecular weight excluding hydrogens is 360 g/mol. The van der Waals surface area contributed by atoms with Gasteiger partial charge < -0.3 is 9.64 Å². The van der Waals surface area contributed by atoms with Gasteiger partial charge in [-0.2, -0.15) is 0 Å². The maximum absolute atomic E-state index is 6.60. The van der Waals surface area contributed by atoms with Gasteiger partial charge in [-0.3, -0.25) is 14.8 Å². The van der Waals surface area contributed by atoms with Crippen LogP contribution >= 0.6 is 11.6 Å². The number of ether oxygens (including phenoxy) is 1. The van der Waals surface area contributed by atoms with Crippen LogP contribution in [0, 0.1) is 0 Å². The molecule has 5 nitrogen and oxygen atoms in total. The first-order valence-corrected chi connectivity index (χ1v) is 10.1. The molecule has 6 heteroatoms. The summed E-state index contributed by atoms with van der Waals surface area (Å²) in [5.41, 5.74) is 3.85. The van der Waals surface area contributed by atoms with Crippen molar-refractivity contribution in [3.63, 3.8) is 0 Å². The highest BCUT2D eigenvalue weighted by molar-refractivity contribution is 6.31. The van der Waals surface area contributed by atoms with Crippen molar-refractivity contribution in [3.05, 3.63) is 58.9 Å². The van der Waals surface area contributed by atoms with Gasteiger partial charge in [0.15, 0.2) is 0 Å². The number of hydrogen-bond acceptors (Lipinski definition) is 5. The number of aromatic nitrogens is 1. The van der Waals surface area contributed by atoms with E-state index in [0.717, 1.165) is 70.6 Å². The number of rotatable bonds is 5. The summed E-state index contributed by atoms with van der Waals surface area (Å²) in [6.45, 7) is 9.67. The van der Waals surface area contributed by atoms with Gasteiger partial charge in [0.25, 0.3) is 0 Å². The predicted molar refractivity (Wildman–Crippen MR) is 109 cm³/mol. The van der Waals surface area contributed by atoms with Crippen molar-refractivity contribution in [1.82, 2.24) is 14.8 Å². The van der Waals surface area contributed by atoms with Gasteiger partial charge in [0.05, 0.1) is 13.2 Å². The van der Waals surface area contributed by atoms with Crippen LogP contribution in [-0.2, 0) is 17.8 Å². The molecule has 144 valence electrons. The van der Waals surface area contributed by atoms with Crippen molar-refractivity contribution in [1.29, 1.82) is 0 Å². The minimum absolute atomic E-state index is 0.791. The minimum atomic E-state index is 0.791. The Labute approximate surface area is 166 Å². The smallest absolute Gasteiger partial charge is 0.0642 e. The topological polar surface area (TPSA) is 31.8 Å². The lowest BCUT2D eigenvalue weighted by molar-refractivity contribution is 0.119. The minimum Gasteiger partial charge on any atom is -0.378 e. The van der Waals surface area contributed by atoms with Crippen molar-refractivity contribution in [2.45, 2.75) is 13.1 Å². The summed E-state index contributed by atoms with van der Waals surface area (Å²) in [4.78, 5) is 11.5. The fraction of sp³-hybridized carbons (Fsp3) is 0.476. The molecule has 2 saturated heterocycles. The predicted octanol–water partition coefficient (Wildman–Crippen LogP) is 2.89. The van der Waals surface area contributed by atoms with Crippen molar-refractivity contribution < 1.29 is 4.74 Å². The maximum atomic E-state index is 6.60. The Morgan fingerprint density at radius 3 is 2.22 bits per heavy atom. The Kier molecular flexibility index (Phi) is 6.24. The summed E-state index contributed by atoms with van der Waals surface area (Å²) < 4.78 is 5.51. The summed E-state index contributed by atoms with van der Waals surface area (Å²) in [5, 5.41) is 0.873. The van der Waals surface area contributed by atoms with E-state index in [-0.39, 0.29) is 0 Å². The lowest BCUT2D eigenvalue weighted by Crippen LogP contribution is -2.45. The van der Waals surface area contributed by atoms with Crippen LogP contribution in [-0.4, -0.2) is 67.3 Å². The summed E-state index contributed by atoms with van der Waals surface area (Å²) in [7, 11) is 0. The Morgan fingerprint density at radius 1 is 0.852 bits per heavy atom. The number of nitrogens with zero attached hydrogens (tertiary/aromatic N) is 4. The highest BCUT2D eigenvalue weighted by Gasteiger charge is 2.21. The van der Waals surface area contributed by atoms with Gasteiger partial charge >= 0.3 is 0 Å². The van der Waals surface area contributed by atoms with E-state index in [1.807, 2.05) is 18.5 Å². The second-order valence-electron chi connectivity index (χ2n) is 7.24. The van der Waals surface area contributed by atoms with Crippen LogP contribution in [0.2, 0.25) is 5.02 Å². The number of benzene rings is 1. The largest absolute Gasteiger partial charge is 0.378 e. The number of halogens is 1. The summed E-state index contributed by atoms with van der Waals surface area (Å²) in [5.74, 6) is 0. The molecule has 0 saturated carbocycles. The first-order chi connectivity index (χ1) is 13.3. The second kappa shape index (κ2) is 9.02. The van der Waals surface area contributed by atoms with Crippen LogP contribution in [0.1, 0.15) is 11.1 Å². The summed E-state index contributed by atoms with van der Waals surface area (Å²) in [6, 6.07) is 10.5. The normalized spacial score (nSPS) is 19.4. The van der Waals surface area contributed by atoms with Crippen LogP contribution in [0.4, 0.5) is 5.69 Å². The first-order valence-electron chi connectivity index (χ1n) is 9.73. The third-order valence-corrected chi connectivity index (χ3v) is 5.80. The molecule has 2 aliphatic heterocycles. The Hall–Kier alpha value is -1.66. The Bertz CT molecular complexity index is 728. The zero-order valence-electron chi connectivity index (χ0n) is 15.7. The average molecular weight is 387 g/mol. The lowest BCUT2D eigenvalue weighted by atomic mass is 10.1. The second-order valence-corrected chi connectivity index (χ2v) is 7.65. The molecule has 2 fully saturated rings. The highest BCUT2D eigenvalue weighted by atomic mass is 35.5. The molecule has 0 radical (unpaired) electrons. The van der Waals surface area contributed by atoms with E-state index in [1.54, 1.807) is 0 Å². The Balaban J connectivity index is 1.37. The summed E-state index contributed by atoms with van der Waals surface area (Å²) in [6.07, 6.45) is 3.74. The van der Waals surface area contributed by atoms with Crippen molar-refractivity contribution in [2.75, 3.05) is 57.4 Å². The number of pyridine rings is 1. The van der Waals surface area contributed by atoms with Crippen LogP contribution in [0.3, 0.4) is 0 Å². The van der Waals surface area contributed by atoms with Gasteiger partial charge in [-0.1, -0.05) is 17.7 Å². The van der Waals surface area contributed by atoms with E-state index in [4.69, 9.17) is 16.3 Å². The maximum Gasteiger partial charge on any atom is 0.0642 e. The quantitative estimate of drug-likeness (QED) is 0.788. The van der Waals surface area contributed by atoms with Gasteiger partial charge in [0, 0.05) is 81.0 Å². The molecule has 27 heavy (non-hydrogen) atoms. The molecule has 0 N–H and O–H groups in total. The van der Waals surface area contributed by atoms with Crippen LogP contribution < -0.4 is 4.90 Å². The average Bonchev–Trinajstić information content (AvgIpc) is 2.72. The van der Waals surface area contributed by atoms with Crippen LogP contribution in [0.5, 0.6) is 0 Å². The van der Waals surface area contributed by atoms with Gasteiger partial charge in [-0.15, -0.1) is 0 Å². The van der Waals surface area contributed by atoms with E-state index in [0.29, 0.717) is 0 Å². The van der Waals surface area contributed by atoms with E-state index in [9.17, 15) is 0 Å².